The predicted octanol–water partition coefficient (Wildman–Crippen LogP) is 1.22. The molecule has 0 saturated heterocycles. The summed E-state index contributed by atoms with van der Waals surface area (Å²) in [5.41, 5.74) is 2.31. The molecule has 21 heavy (non-hydrogen) atoms. The number of imidazole rings is 1. The Morgan fingerprint density at radius 1 is 1.43 bits per heavy atom. The summed E-state index contributed by atoms with van der Waals surface area (Å²) in [6.07, 6.45) is 1.61. The maximum atomic E-state index is 12.0. The van der Waals surface area contributed by atoms with Gasteiger partial charge in [0.25, 0.3) is 0 Å². The topological polar surface area (TPSA) is 63.3 Å². The number of hydrogen-bond donors (Lipinski definition) is 1. The number of amides is 1. The van der Waals surface area contributed by atoms with Gasteiger partial charge in [-0.1, -0.05) is 0 Å². The van der Waals surface area contributed by atoms with Gasteiger partial charge in [-0.15, -0.1) is 0 Å². The van der Waals surface area contributed by atoms with Crippen molar-refractivity contribution in [2.45, 2.75) is 33.5 Å². The highest BCUT2D eigenvalue weighted by Gasteiger charge is 2.21. The number of fused-ring (bicyclic) bond motifs is 1. The predicted molar refractivity (Wildman–Crippen MR) is 77.5 cm³/mol. The Labute approximate surface area is 123 Å². The van der Waals surface area contributed by atoms with Crippen molar-refractivity contribution < 1.29 is 9.21 Å². The lowest BCUT2D eigenvalue weighted by Gasteiger charge is -2.27. The second-order valence-electron chi connectivity index (χ2n) is 5.42. The van der Waals surface area contributed by atoms with Gasteiger partial charge in [0, 0.05) is 18.8 Å². The zero-order valence-electron chi connectivity index (χ0n) is 12.4. The summed E-state index contributed by atoms with van der Waals surface area (Å²) in [7, 11) is 0. The molecular weight excluding hydrogens is 268 g/mol. The Bertz CT molecular complexity index is 630. The summed E-state index contributed by atoms with van der Waals surface area (Å²) in [6.45, 7) is 7.45. The van der Waals surface area contributed by atoms with Gasteiger partial charge in [0.05, 0.1) is 31.6 Å². The van der Waals surface area contributed by atoms with Crippen molar-refractivity contribution in [3.05, 3.63) is 41.4 Å². The number of nitrogens with zero attached hydrogens (tertiary/aromatic N) is 3. The zero-order chi connectivity index (χ0) is 14.8. The van der Waals surface area contributed by atoms with Gasteiger partial charge in [0.2, 0.25) is 5.91 Å². The van der Waals surface area contributed by atoms with Crippen LogP contribution in [0.25, 0.3) is 0 Å². The molecule has 3 heterocycles. The van der Waals surface area contributed by atoms with Gasteiger partial charge < -0.3 is 14.3 Å². The van der Waals surface area contributed by atoms with Gasteiger partial charge in [-0.3, -0.25) is 9.69 Å². The van der Waals surface area contributed by atoms with E-state index in [1.54, 1.807) is 6.26 Å². The molecule has 1 amide bonds. The molecule has 2 aromatic heterocycles. The Kier molecular flexibility index (Phi) is 3.79. The monoisotopic (exact) mass is 288 g/mol. The van der Waals surface area contributed by atoms with Crippen LogP contribution in [0, 0.1) is 13.8 Å². The first-order chi connectivity index (χ1) is 10.1. The number of nitrogens with one attached hydrogen (secondary N) is 1. The third kappa shape index (κ3) is 3.00. The smallest absolute Gasteiger partial charge is 0.234 e. The molecule has 1 aliphatic rings. The first kappa shape index (κ1) is 13.9. The third-order valence-corrected chi connectivity index (χ3v) is 3.95. The number of furan rings is 1. The summed E-state index contributed by atoms with van der Waals surface area (Å²) < 4.78 is 7.44. The number of aryl methyl sites for hydroxylation is 1. The fraction of sp³-hybridized carbons (Fsp3) is 0.467. The molecule has 0 saturated carbocycles. The second kappa shape index (κ2) is 5.73. The summed E-state index contributed by atoms with van der Waals surface area (Å²) in [5.74, 6) is 1.83. The quantitative estimate of drug-likeness (QED) is 0.919. The van der Waals surface area contributed by atoms with Crippen LogP contribution in [-0.4, -0.2) is 33.4 Å². The van der Waals surface area contributed by atoms with E-state index in [2.05, 4.69) is 26.7 Å². The van der Waals surface area contributed by atoms with E-state index in [4.69, 9.17) is 4.42 Å². The molecule has 0 radical (unpaired) electrons. The van der Waals surface area contributed by atoms with E-state index in [9.17, 15) is 4.79 Å². The van der Waals surface area contributed by atoms with Crippen molar-refractivity contribution in [3.63, 3.8) is 0 Å². The van der Waals surface area contributed by atoms with E-state index in [-0.39, 0.29) is 5.91 Å². The van der Waals surface area contributed by atoms with Crippen molar-refractivity contribution in [1.82, 2.24) is 19.8 Å². The lowest BCUT2D eigenvalue weighted by molar-refractivity contribution is -0.122. The molecule has 0 spiro atoms. The van der Waals surface area contributed by atoms with Crippen molar-refractivity contribution in [3.8, 4) is 0 Å². The van der Waals surface area contributed by atoms with Crippen LogP contribution in [0.15, 0.2) is 22.8 Å². The van der Waals surface area contributed by atoms with Crippen molar-refractivity contribution in [2.24, 2.45) is 0 Å². The molecule has 112 valence electrons. The van der Waals surface area contributed by atoms with Crippen LogP contribution in [-0.2, 0) is 24.4 Å². The lowest BCUT2D eigenvalue weighted by Crippen LogP contribution is -2.41. The molecule has 0 aromatic carbocycles. The van der Waals surface area contributed by atoms with Crippen LogP contribution < -0.4 is 5.32 Å². The number of carbonyl (C=O) groups is 1. The molecule has 0 bridgehead atoms. The summed E-state index contributed by atoms with van der Waals surface area (Å²) >= 11 is 0. The zero-order valence-corrected chi connectivity index (χ0v) is 12.4. The van der Waals surface area contributed by atoms with E-state index in [0.717, 1.165) is 36.9 Å². The van der Waals surface area contributed by atoms with Crippen LogP contribution in [0.1, 0.15) is 23.0 Å². The Hall–Kier alpha value is -2.08. The summed E-state index contributed by atoms with van der Waals surface area (Å²) in [4.78, 5) is 18.7. The highest BCUT2D eigenvalue weighted by atomic mass is 16.3. The van der Waals surface area contributed by atoms with E-state index in [0.29, 0.717) is 13.1 Å². The highest BCUT2D eigenvalue weighted by Crippen LogP contribution is 2.16. The first-order valence-corrected chi connectivity index (χ1v) is 7.17. The van der Waals surface area contributed by atoms with Crippen LogP contribution in [0.3, 0.4) is 0 Å². The number of rotatable bonds is 4. The minimum absolute atomic E-state index is 0.0138. The standard InChI is InChI=1S/C15H20N4O2/c1-11-12(2)19-6-5-18(9-14(19)17-11)10-15(20)16-8-13-4-3-7-21-13/h3-4,7H,5-6,8-10H2,1-2H3,(H,16,20). The van der Waals surface area contributed by atoms with Crippen LogP contribution in [0.4, 0.5) is 0 Å². The van der Waals surface area contributed by atoms with Crippen molar-refractivity contribution in [1.29, 1.82) is 0 Å². The second-order valence-corrected chi connectivity index (χ2v) is 5.42. The maximum Gasteiger partial charge on any atom is 0.234 e. The average molecular weight is 288 g/mol. The van der Waals surface area contributed by atoms with E-state index in [1.165, 1.54) is 5.69 Å². The minimum atomic E-state index is 0.0138. The van der Waals surface area contributed by atoms with Gasteiger partial charge in [-0.25, -0.2) is 4.98 Å². The molecule has 1 aliphatic heterocycles. The Balaban J connectivity index is 1.53. The minimum Gasteiger partial charge on any atom is -0.467 e. The van der Waals surface area contributed by atoms with E-state index in [1.807, 2.05) is 19.1 Å². The number of carbonyl (C=O) groups excluding carboxylic acids is 1. The Morgan fingerprint density at radius 3 is 3.05 bits per heavy atom. The van der Waals surface area contributed by atoms with Gasteiger partial charge >= 0.3 is 0 Å². The fourth-order valence-electron chi connectivity index (χ4n) is 2.65. The first-order valence-electron chi connectivity index (χ1n) is 7.17. The molecule has 0 atom stereocenters. The van der Waals surface area contributed by atoms with Crippen molar-refractivity contribution in [2.75, 3.05) is 13.1 Å². The Morgan fingerprint density at radius 2 is 2.29 bits per heavy atom. The number of hydrogen-bond acceptors (Lipinski definition) is 4. The molecular formula is C15H20N4O2. The SMILES string of the molecule is Cc1nc2n(c1C)CCN(CC(=O)NCc1ccco1)C2. The molecule has 0 aliphatic carbocycles. The van der Waals surface area contributed by atoms with Gasteiger partial charge in [0.1, 0.15) is 11.6 Å². The molecule has 2 aromatic rings. The molecule has 6 heteroatoms. The van der Waals surface area contributed by atoms with Crippen molar-refractivity contribution >= 4 is 5.91 Å². The number of aromatic nitrogens is 2. The lowest BCUT2D eigenvalue weighted by atomic mass is 10.3. The molecule has 0 unspecified atom stereocenters. The third-order valence-electron chi connectivity index (χ3n) is 3.95. The average Bonchev–Trinajstić information content (AvgIpc) is 3.06. The largest absolute Gasteiger partial charge is 0.467 e. The van der Waals surface area contributed by atoms with Crippen LogP contribution in [0.2, 0.25) is 0 Å². The summed E-state index contributed by atoms with van der Waals surface area (Å²) in [6, 6.07) is 3.67. The van der Waals surface area contributed by atoms with E-state index < -0.39 is 0 Å². The normalized spacial score (nSPS) is 15.0. The summed E-state index contributed by atoms with van der Waals surface area (Å²) in [5, 5.41) is 2.87. The van der Waals surface area contributed by atoms with Gasteiger partial charge in [0.15, 0.2) is 0 Å². The molecule has 3 rings (SSSR count). The van der Waals surface area contributed by atoms with Crippen LogP contribution >= 0.6 is 0 Å². The fourth-order valence-corrected chi connectivity index (χ4v) is 2.65. The maximum absolute atomic E-state index is 12.0. The van der Waals surface area contributed by atoms with Gasteiger partial charge in [-0.2, -0.15) is 0 Å². The molecule has 0 fully saturated rings. The van der Waals surface area contributed by atoms with Crippen LogP contribution in [0.5, 0.6) is 0 Å². The molecule has 6 nitrogen and oxygen atoms in total. The highest BCUT2D eigenvalue weighted by molar-refractivity contribution is 5.77. The van der Waals surface area contributed by atoms with E-state index >= 15 is 0 Å². The van der Waals surface area contributed by atoms with Gasteiger partial charge in [-0.05, 0) is 26.0 Å². The molecule has 1 N–H and O–H groups in total.